The quantitative estimate of drug-likeness (QED) is 0.849. The van der Waals surface area contributed by atoms with Crippen LogP contribution in [0.1, 0.15) is 31.4 Å². The lowest BCUT2D eigenvalue weighted by molar-refractivity contribution is -0.0280. The fourth-order valence-electron chi connectivity index (χ4n) is 3.02. The molecule has 2 aliphatic rings. The van der Waals surface area contributed by atoms with E-state index in [4.69, 9.17) is 14.7 Å². The van der Waals surface area contributed by atoms with Crippen LogP contribution in [0.2, 0.25) is 0 Å². The maximum absolute atomic E-state index is 9.13. The second-order valence-corrected chi connectivity index (χ2v) is 5.64. The zero-order valence-electron chi connectivity index (χ0n) is 12.2. The molecule has 0 radical (unpaired) electrons. The Hall–Kier alpha value is -1.64. The zero-order valence-corrected chi connectivity index (χ0v) is 12.2. The van der Waals surface area contributed by atoms with Crippen molar-refractivity contribution in [2.24, 2.45) is 0 Å². The van der Waals surface area contributed by atoms with Gasteiger partial charge in [-0.15, -0.1) is 0 Å². The van der Waals surface area contributed by atoms with Crippen molar-refractivity contribution in [1.82, 2.24) is 4.98 Å². The van der Waals surface area contributed by atoms with Gasteiger partial charge in [-0.2, -0.15) is 5.26 Å². The minimum absolute atomic E-state index is 0.298. The SMILES string of the molecule is N#Cc1ncccc1N1CCC(OCC2CCCO2)CC1. The standard InChI is InChI=1S/C16H21N3O2/c17-11-15-16(4-1-7-18-15)19-8-5-13(6-9-19)21-12-14-3-2-10-20-14/h1,4,7,13-14H,2-3,5-6,8-10,12H2. The normalized spacial score (nSPS) is 23.2. The van der Waals surface area contributed by atoms with Crippen molar-refractivity contribution in [3.05, 3.63) is 24.0 Å². The van der Waals surface area contributed by atoms with E-state index in [-0.39, 0.29) is 0 Å². The molecule has 112 valence electrons. The molecule has 2 saturated heterocycles. The lowest BCUT2D eigenvalue weighted by atomic mass is 10.1. The molecule has 2 fully saturated rings. The lowest BCUT2D eigenvalue weighted by Crippen LogP contribution is -2.38. The molecule has 0 spiro atoms. The molecule has 1 unspecified atom stereocenters. The van der Waals surface area contributed by atoms with Gasteiger partial charge >= 0.3 is 0 Å². The molecule has 0 N–H and O–H groups in total. The number of nitrogens with zero attached hydrogens (tertiary/aromatic N) is 3. The molecule has 1 aromatic heterocycles. The van der Waals surface area contributed by atoms with Crippen molar-refractivity contribution < 1.29 is 9.47 Å². The van der Waals surface area contributed by atoms with Crippen LogP contribution in [0.4, 0.5) is 5.69 Å². The first kappa shape index (κ1) is 14.3. The van der Waals surface area contributed by atoms with E-state index in [1.165, 1.54) is 0 Å². The van der Waals surface area contributed by atoms with E-state index in [2.05, 4.69) is 16.0 Å². The molecule has 3 rings (SSSR count). The van der Waals surface area contributed by atoms with Crippen LogP contribution in [0.15, 0.2) is 18.3 Å². The van der Waals surface area contributed by atoms with Crippen molar-refractivity contribution >= 4 is 5.69 Å². The number of rotatable bonds is 4. The highest BCUT2D eigenvalue weighted by atomic mass is 16.5. The predicted octanol–water partition coefficient (Wildman–Crippen LogP) is 2.12. The van der Waals surface area contributed by atoms with Gasteiger partial charge in [-0.25, -0.2) is 4.98 Å². The Balaban J connectivity index is 1.49. The van der Waals surface area contributed by atoms with Gasteiger partial charge in [0.1, 0.15) is 6.07 Å². The number of hydrogen-bond donors (Lipinski definition) is 0. The van der Waals surface area contributed by atoms with Crippen LogP contribution in [-0.2, 0) is 9.47 Å². The lowest BCUT2D eigenvalue weighted by Gasteiger charge is -2.34. The van der Waals surface area contributed by atoms with E-state index < -0.39 is 0 Å². The van der Waals surface area contributed by atoms with Gasteiger partial charge in [-0.1, -0.05) is 0 Å². The van der Waals surface area contributed by atoms with Gasteiger partial charge in [0.25, 0.3) is 0 Å². The van der Waals surface area contributed by atoms with Crippen molar-refractivity contribution in [2.75, 3.05) is 31.2 Å². The van der Waals surface area contributed by atoms with Crippen molar-refractivity contribution in [3.63, 3.8) is 0 Å². The monoisotopic (exact) mass is 287 g/mol. The topological polar surface area (TPSA) is 58.4 Å². The molecule has 0 aliphatic carbocycles. The molecule has 0 bridgehead atoms. The van der Waals surface area contributed by atoms with Crippen LogP contribution in [0.3, 0.4) is 0 Å². The summed E-state index contributed by atoms with van der Waals surface area (Å²) in [4.78, 5) is 6.36. The average Bonchev–Trinajstić information content (AvgIpc) is 3.07. The van der Waals surface area contributed by atoms with Gasteiger partial charge in [0.2, 0.25) is 0 Å². The summed E-state index contributed by atoms with van der Waals surface area (Å²) in [5.74, 6) is 0. The van der Waals surface area contributed by atoms with E-state index >= 15 is 0 Å². The van der Waals surface area contributed by atoms with E-state index in [1.807, 2.05) is 12.1 Å². The summed E-state index contributed by atoms with van der Waals surface area (Å²) in [6.07, 6.45) is 6.54. The van der Waals surface area contributed by atoms with Gasteiger partial charge in [-0.05, 0) is 37.8 Å². The second kappa shape index (κ2) is 6.88. The number of anilines is 1. The second-order valence-electron chi connectivity index (χ2n) is 5.64. The highest BCUT2D eigenvalue weighted by Gasteiger charge is 2.24. The van der Waals surface area contributed by atoms with E-state index in [1.54, 1.807) is 6.20 Å². The third-order valence-corrected chi connectivity index (χ3v) is 4.22. The number of pyridine rings is 1. The van der Waals surface area contributed by atoms with Crippen LogP contribution in [-0.4, -0.2) is 43.5 Å². The summed E-state index contributed by atoms with van der Waals surface area (Å²) in [5.41, 5.74) is 1.45. The number of aromatic nitrogens is 1. The first-order chi connectivity index (χ1) is 10.4. The molecule has 5 heteroatoms. The largest absolute Gasteiger partial charge is 0.376 e. The van der Waals surface area contributed by atoms with Crippen molar-refractivity contribution in [1.29, 1.82) is 5.26 Å². The number of hydrogen-bond acceptors (Lipinski definition) is 5. The van der Waals surface area contributed by atoms with Crippen molar-refractivity contribution in [3.8, 4) is 6.07 Å². The summed E-state index contributed by atoms with van der Waals surface area (Å²) < 4.78 is 11.6. The molecule has 1 aromatic rings. The Morgan fingerprint density at radius 1 is 1.38 bits per heavy atom. The van der Waals surface area contributed by atoms with Crippen LogP contribution in [0.5, 0.6) is 0 Å². The molecule has 2 aliphatic heterocycles. The van der Waals surface area contributed by atoms with Gasteiger partial charge in [0, 0.05) is 25.9 Å². The zero-order chi connectivity index (χ0) is 14.5. The Kier molecular flexibility index (Phi) is 4.69. The van der Waals surface area contributed by atoms with E-state index in [0.717, 1.165) is 57.7 Å². The molecule has 0 amide bonds. The first-order valence-electron chi connectivity index (χ1n) is 7.70. The summed E-state index contributed by atoms with van der Waals surface area (Å²) in [6, 6.07) is 6.02. The maximum atomic E-state index is 9.13. The minimum Gasteiger partial charge on any atom is -0.376 e. The minimum atomic E-state index is 0.298. The molecule has 1 atom stereocenters. The number of nitriles is 1. The average molecular weight is 287 g/mol. The Morgan fingerprint density at radius 3 is 2.95 bits per heavy atom. The van der Waals surface area contributed by atoms with Gasteiger partial charge in [-0.3, -0.25) is 0 Å². The third kappa shape index (κ3) is 3.52. The van der Waals surface area contributed by atoms with Crippen LogP contribution in [0.25, 0.3) is 0 Å². The van der Waals surface area contributed by atoms with Crippen LogP contribution >= 0.6 is 0 Å². The van der Waals surface area contributed by atoms with Crippen molar-refractivity contribution in [2.45, 2.75) is 37.9 Å². The molecule has 3 heterocycles. The number of piperidine rings is 1. The smallest absolute Gasteiger partial charge is 0.163 e. The molecule has 0 aromatic carbocycles. The molecular weight excluding hydrogens is 266 g/mol. The molecule has 0 saturated carbocycles. The van der Waals surface area contributed by atoms with Gasteiger partial charge < -0.3 is 14.4 Å². The summed E-state index contributed by atoms with van der Waals surface area (Å²) in [6.45, 7) is 3.43. The van der Waals surface area contributed by atoms with E-state index in [9.17, 15) is 0 Å². The molecule has 21 heavy (non-hydrogen) atoms. The Bertz CT molecular complexity index is 500. The predicted molar refractivity (Wildman–Crippen MR) is 79.1 cm³/mol. The Morgan fingerprint density at radius 2 is 2.24 bits per heavy atom. The fraction of sp³-hybridized carbons (Fsp3) is 0.625. The fourth-order valence-corrected chi connectivity index (χ4v) is 3.02. The summed E-state index contributed by atoms with van der Waals surface area (Å²) in [7, 11) is 0. The molecular formula is C16H21N3O2. The van der Waals surface area contributed by atoms with Crippen LogP contribution < -0.4 is 4.90 Å². The highest BCUT2D eigenvalue weighted by Crippen LogP contribution is 2.24. The summed E-state index contributed by atoms with van der Waals surface area (Å²) >= 11 is 0. The van der Waals surface area contributed by atoms with Crippen LogP contribution in [0, 0.1) is 11.3 Å². The molecule has 5 nitrogen and oxygen atoms in total. The third-order valence-electron chi connectivity index (χ3n) is 4.22. The van der Waals surface area contributed by atoms with Gasteiger partial charge in [0.15, 0.2) is 5.69 Å². The number of ether oxygens (including phenoxy) is 2. The summed E-state index contributed by atoms with van der Waals surface area (Å²) in [5, 5.41) is 9.13. The highest BCUT2D eigenvalue weighted by molar-refractivity contribution is 5.55. The Labute approximate surface area is 125 Å². The van der Waals surface area contributed by atoms with E-state index in [0.29, 0.717) is 17.9 Å². The van der Waals surface area contributed by atoms with Gasteiger partial charge in [0.05, 0.1) is 24.5 Å². The maximum Gasteiger partial charge on any atom is 0.163 e. The first-order valence-corrected chi connectivity index (χ1v) is 7.70.